The van der Waals surface area contributed by atoms with Crippen LogP contribution in [0.1, 0.15) is 18.1 Å². The maximum atomic E-state index is 13.3. The number of hydrogen-bond acceptors (Lipinski definition) is 6. The van der Waals surface area contributed by atoms with Gasteiger partial charge in [-0.05, 0) is 86.5 Å². The Bertz CT molecular complexity index is 1470. The number of rotatable bonds is 6. The molecule has 11 heteroatoms. The van der Waals surface area contributed by atoms with E-state index >= 15 is 0 Å². The fourth-order valence-electron chi connectivity index (χ4n) is 3.39. The average Bonchev–Trinajstić information content (AvgIpc) is 2.76. The first-order chi connectivity index (χ1) is 15.9. The number of phenolic OH excluding ortho intramolecular Hbond substituents is 1. The van der Waals surface area contributed by atoms with Crippen LogP contribution in [0.3, 0.4) is 0 Å². The average molecular weight is 523 g/mol. The summed E-state index contributed by atoms with van der Waals surface area (Å²) < 4.78 is 60.7. The summed E-state index contributed by atoms with van der Waals surface area (Å²) >= 11 is 5.81. The number of benzene rings is 3. The lowest BCUT2D eigenvalue weighted by molar-refractivity contribution is 0.414. The molecule has 0 saturated heterocycles. The molecule has 2 N–H and O–H groups in total. The number of halogens is 1. The fourth-order valence-corrected chi connectivity index (χ4v) is 6.08. The lowest BCUT2D eigenvalue weighted by Gasteiger charge is -2.18. The topological polar surface area (TPSA) is 122 Å². The predicted molar refractivity (Wildman–Crippen MR) is 131 cm³/mol. The van der Waals surface area contributed by atoms with E-state index in [4.69, 9.17) is 16.3 Å². The van der Waals surface area contributed by atoms with Crippen LogP contribution >= 0.6 is 11.6 Å². The number of amidine groups is 1. The Hall–Kier alpha value is -3.08. The minimum atomic E-state index is -4.10. The molecule has 0 spiro atoms. The van der Waals surface area contributed by atoms with Gasteiger partial charge in [-0.3, -0.25) is 0 Å². The second kappa shape index (κ2) is 9.65. The fraction of sp³-hybridized carbons (Fsp3) is 0.174. The molecule has 180 valence electrons. The first kappa shape index (κ1) is 25.5. The van der Waals surface area contributed by atoms with Crippen LogP contribution in [0.25, 0.3) is 0 Å². The van der Waals surface area contributed by atoms with Crippen LogP contribution < -0.4 is 10.1 Å². The van der Waals surface area contributed by atoms with Crippen LogP contribution in [-0.4, -0.2) is 34.9 Å². The van der Waals surface area contributed by atoms with E-state index in [0.717, 1.165) is 0 Å². The van der Waals surface area contributed by atoms with Crippen molar-refractivity contribution in [3.05, 3.63) is 70.7 Å². The summed E-state index contributed by atoms with van der Waals surface area (Å²) in [4.78, 5) is -0.365. The molecule has 0 aliphatic rings. The van der Waals surface area contributed by atoms with Gasteiger partial charge in [0.2, 0.25) is 9.84 Å². The molecule has 0 unspecified atom stereocenters. The highest BCUT2D eigenvalue weighted by atomic mass is 35.5. The van der Waals surface area contributed by atoms with Gasteiger partial charge in [-0.2, -0.15) is 8.42 Å². The Kier molecular flexibility index (Phi) is 7.25. The molecule has 0 fully saturated rings. The van der Waals surface area contributed by atoms with Crippen LogP contribution in [0.4, 0.5) is 5.69 Å². The van der Waals surface area contributed by atoms with E-state index < -0.39 is 25.6 Å². The highest BCUT2D eigenvalue weighted by Crippen LogP contribution is 2.38. The van der Waals surface area contributed by atoms with Crippen molar-refractivity contribution in [2.45, 2.75) is 35.5 Å². The standard InChI is InChI=1S/C23H23ClN2O6S2/c1-14-13-21(27)23(33(28,29)19-11-7-18(32-4)8-12-19)15(2)22(14)25-16(3)26-34(30,31)20-9-5-17(24)6-10-20/h5-13,27H,1-4H3,(H,25,26). The quantitative estimate of drug-likeness (QED) is 0.273. The minimum Gasteiger partial charge on any atom is -0.507 e. The molecule has 34 heavy (non-hydrogen) atoms. The third kappa shape index (κ3) is 5.19. The van der Waals surface area contributed by atoms with Crippen LogP contribution in [0.5, 0.6) is 11.5 Å². The van der Waals surface area contributed by atoms with E-state index in [1.54, 1.807) is 6.92 Å². The number of anilines is 1. The third-order valence-corrected chi connectivity index (χ3v) is 8.59. The lowest BCUT2D eigenvalue weighted by Crippen LogP contribution is -2.15. The summed E-state index contributed by atoms with van der Waals surface area (Å²) in [5.41, 5.74) is 1.03. The highest BCUT2D eigenvalue weighted by molar-refractivity contribution is 7.91. The number of nitrogens with one attached hydrogen (secondary N) is 1. The Morgan fingerprint density at radius 1 is 0.971 bits per heavy atom. The van der Waals surface area contributed by atoms with Crippen molar-refractivity contribution < 1.29 is 26.7 Å². The van der Waals surface area contributed by atoms with Gasteiger partial charge in [-0.25, -0.2) is 8.42 Å². The smallest absolute Gasteiger partial charge is 0.283 e. The number of hydrogen-bond donors (Lipinski definition) is 2. The summed E-state index contributed by atoms with van der Waals surface area (Å²) in [5.74, 6) is 0.0827. The number of aryl methyl sites for hydroxylation is 1. The molecular weight excluding hydrogens is 500 g/mol. The van der Waals surface area contributed by atoms with Crippen molar-refractivity contribution >= 4 is 43.0 Å². The molecule has 0 aliphatic heterocycles. The molecule has 0 atom stereocenters. The number of ether oxygens (including phenoxy) is 1. The Morgan fingerprint density at radius 2 is 1.53 bits per heavy atom. The number of sulfonamides is 1. The van der Waals surface area contributed by atoms with Crippen molar-refractivity contribution in [1.82, 2.24) is 0 Å². The number of aromatic hydroxyl groups is 1. The van der Waals surface area contributed by atoms with Gasteiger partial charge in [0.05, 0.1) is 16.9 Å². The molecule has 3 aromatic rings. The van der Waals surface area contributed by atoms with Crippen molar-refractivity contribution in [3.63, 3.8) is 0 Å². The Balaban J connectivity index is 2.04. The van der Waals surface area contributed by atoms with E-state index in [-0.39, 0.29) is 26.1 Å². The van der Waals surface area contributed by atoms with E-state index in [1.807, 2.05) is 0 Å². The van der Waals surface area contributed by atoms with Crippen molar-refractivity contribution in [1.29, 1.82) is 0 Å². The monoisotopic (exact) mass is 522 g/mol. The van der Waals surface area contributed by atoms with Gasteiger partial charge in [0, 0.05) is 10.7 Å². The number of methoxy groups -OCH3 is 1. The maximum Gasteiger partial charge on any atom is 0.283 e. The second-order valence-corrected chi connectivity index (χ2v) is 11.4. The van der Waals surface area contributed by atoms with Crippen molar-refractivity contribution in [3.8, 4) is 11.5 Å². The van der Waals surface area contributed by atoms with Gasteiger partial charge < -0.3 is 15.2 Å². The largest absolute Gasteiger partial charge is 0.507 e. The maximum absolute atomic E-state index is 13.3. The van der Waals surface area contributed by atoms with Crippen LogP contribution in [-0.2, 0) is 19.9 Å². The zero-order valence-electron chi connectivity index (χ0n) is 18.8. The molecule has 0 aliphatic carbocycles. The molecule has 0 radical (unpaired) electrons. The molecule has 3 aromatic carbocycles. The predicted octanol–water partition coefficient (Wildman–Crippen LogP) is 4.72. The molecule has 0 amide bonds. The lowest BCUT2D eigenvalue weighted by atomic mass is 10.1. The van der Waals surface area contributed by atoms with Crippen molar-refractivity contribution in [2.75, 3.05) is 12.4 Å². The SMILES string of the molecule is COc1ccc(S(=O)(=O)c2c(O)cc(C)c(NC(C)=NS(=O)(=O)c3ccc(Cl)cc3)c2C)cc1. The van der Waals surface area contributed by atoms with Gasteiger partial charge in [-0.1, -0.05) is 11.6 Å². The zero-order valence-corrected chi connectivity index (χ0v) is 21.2. The van der Waals surface area contributed by atoms with Gasteiger partial charge >= 0.3 is 0 Å². The molecule has 0 heterocycles. The summed E-state index contributed by atoms with van der Waals surface area (Å²) in [6.07, 6.45) is 0. The molecule has 0 saturated carbocycles. The summed E-state index contributed by atoms with van der Waals surface area (Å²) in [7, 11) is -6.66. The molecule has 0 bridgehead atoms. The first-order valence-electron chi connectivity index (χ1n) is 9.93. The number of phenols is 1. The zero-order chi connectivity index (χ0) is 25.3. The van der Waals surface area contributed by atoms with Gasteiger partial charge in [0.1, 0.15) is 22.2 Å². The van der Waals surface area contributed by atoms with E-state index in [1.165, 1.54) is 75.6 Å². The first-order valence-corrected chi connectivity index (χ1v) is 13.2. The number of sulfone groups is 1. The van der Waals surface area contributed by atoms with Gasteiger partial charge in [0.15, 0.2) is 0 Å². The second-order valence-electron chi connectivity index (χ2n) is 7.45. The summed E-state index contributed by atoms with van der Waals surface area (Å²) in [6.45, 7) is 4.61. The van der Waals surface area contributed by atoms with Crippen LogP contribution in [0.2, 0.25) is 5.02 Å². The highest BCUT2D eigenvalue weighted by Gasteiger charge is 2.27. The van der Waals surface area contributed by atoms with Gasteiger partial charge in [0.25, 0.3) is 10.0 Å². The Morgan fingerprint density at radius 3 is 2.09 bits per heavy atom. The molecule has 8 nitrogen and oxygen atoms in total. The van der Waals surface area contributed by atoms with E-state index in [9.17, 15) is 21.9 Å². The van der Waals surface area contributed by atoms with Crippen LogP contribution in [0.15, 0.2) is 73.7 Å². The van der Waals surface area contributed by atoms with E-state index in [2.05, 4.69) is 9.71 Å². The summed E-state index contributed by atoms with van der Waals surface area (Å²) in [5, 5.41) is 13.8. The molecule has 3 rings (SSSR count). The van der Waals surface area contributed by atoms with Gasteiger partial charge in [-0.15, -0.1) is 4.40 Å². The van der Waals surface area contributed by atoms with Crippen molar-refractivity contribution in [2.24, 2.45) is 4.40 Å². The minimum absolute atomic E-state index is 0.0136. The number of nitrogens with zero attached hydrogens (tertiary/aromatic N) is 1. The third-order valence-electron chi connectivity index (χ3n) is 5.01. The normalized spacial score (nSPS) is 12.4. The van der Waals surface area contributed by atoms with Crippen LogP contribution in [0, 0.1) is 13.8 Å². The van der Waals surface area contributed by atoms with E-state index in [0.29, 0.717) is 22.0 Å². The molecule has 0 aromatic heterocycles. The summed E-state index contributed by atoms with van der Waals surface area (Å²) in [6, 6.07) is 12.6. The molecular formula is C23H23ClN2O6S2. The Labute approximate surface area is 203 Å².